The Bertz CT molecular complexity index is 1310. The van der Waals surface area contributed by atoms with E-state index in [0.29, 0.717) is 22.6 Å². The van der Waals surface area contributed by atoms with Gasteiger partial charge in [0.05, 0.1) is 7.11 Å². The Morgan fingerprint density at radius 3 is 2.60 bits per heavy atom. The van der Waals surface area contributed by atoms with Crippen LogP contribution in [0.25, 0.3) is 11.0 Å². The SMILES string of the molecule is COc1ccccc1N=c1oc2ccc(Br)cc2cc1C(=O)Nc1ccccc1C. The summed E-state index contributed by atoms with van der Waals surface area (Å²) in [6, 6.07) is 22.3. The highest BCUT2D eigenvalue weighted by molar-refractivity contribution is 9.10. The third-order valence-electron chi connectivity index (χ3n) is 4.65. The van der Waals surface area contributed by atoms with Crippen molar-refractivity contribution in [3.05, 3.63) is 94.0 Å². The van der Waals surface area contributed by atoms with Crippen molar-refractivity contribution in [1.82, 2.24) is 0 Å². The minimum atomic E-state index is -0.302. The minimum absolute atomic E-state index is 0.209. The number of nitrogens with one attached hydrogen (secondary N) is 1. The second-order valence-electron chi connectivity index (χ2n) is 6.70. The smallest absolute Gasteiger partial charge is 0.261 e. The summed E-state index contributed by atoms with van der Waals surface area (Å²) in [7, 11) is 1.58. The van der Waals surface area contributed by atoms with Crippen molar-refractivity contribution in [2.24, 2.45) is 4.99 Å². The van der Waals surface area contributed by atoms with Gasteiger partial charge in [-0.3, -0.25) is 4.79 Å². The molecule has 0 atom stereocenters. The number of halogens is 1. The Labute approximate surface area is 182 Å². The lowest BCUT2D eigenvalue weighted by Crippen LogP contribution is -2.22. The van der Waals surface area contributed by atoms with Crippen molar-refractivity contribution in [1.29, 1.82) is 0 Å². The Balaban J connectivity index is 1.90. The molecule has 3 aromatic carbocycles. The Morgan fingerprint density at radius 2 is 1.80 bits per heavy atom. The van der Waals surface area contributed by atoms with E-state index in [4.69, 9.17) is 9.15 Å². The number of para-hydroxylation sites is 3. The largest absolute Gasteiger partial charge is 0.494 e. The minimum Gasteiger partial charge on any atom is -0.494 e. The Kier molecular flexibility index (Phi) is 5.68. The number of carbonyl (C=O) groups excluding carboxylic acids is 1. The van der Waals surface area contributed by atoms with Gasteiger partial charge in [-0.25, -0.2) is 4.99 Å². The van der Waals surface area contributed by atoms with Gasteiger partial charge in [0.25, 0.3) is 5.91 Å². The van der Waals surface area contributed by atoms with Crippen LogP contribution in [-0.2, 0) is 0 Å². The lowest BCUT2D eigenvalue weighted by molar-refractivity contribution is 0.102. The molecular formula is C24H19BrN2O3. The third-order valence-corrected chi connectivity index (χ3v) is 5.15. The summed E-state index contributed by atoms with van der Waals surface area (Å²) < 4.78 is 12.3. The molecule has 1 heterocycles. The van der Waals surface area contributed by atoms with Gasteiger partial charge in [0.2, 0.25) is 5.55 Å². The summed E-state index contributed by atoms with van der Waals surface area (Å²) in [4.78, 5) is 17.8. The predicted octanol–water partition coefficient (Wildman–Crippen LogP) is 6.00. The van der Waals surface area contributed by atoms with Crippen molar-refractivity contribution < 1.29 is 13.9 Å². The maximum atomic E-state index is 13.2. The summed E-state index contributed by atoms with van der Waals surface area (Å²) in [5.41, 5.74) is 3.44. The normalized spacial score (nSPS) is 11.5. The van der Waals surface area contributed by atoms with Gasteiger partial charge in [-0.2, -0.15) is 0 Å². The van der Waals surface area contributed by atoms with Crippen LogP contribution in [-0.4, -0.2) is 13.0 Å². The molecule has 1 N–H and O–H groups in total. The van der Waals surface area contributed by atoms with E-state index in [2.05, 4.69) is 26.2 Å². The monoisotopic (exact) mass is 462 g/mol. The van der Waals surface area contributed by atoms with Gasteiger partial charge in [-0.05, 0) is 55.0 Å². The van der Waals surface area contributed by atoms with Crippen molar-refractivity contribution in [2.75, 3.05) is 12.4 Å². The molecule has 4 aromatic rings. The van der Waals surface area contributed by atoms with Crippen molar-refractivity contribution in [3.63, 3.8) is 0 Å². The molecule has 4 rings (SSSR count). The van der Waals surface area contributed by atoms with E-state index in [0.717, 1.165) is 21.1 Å². The fraction of sp³-hybridized carbons (Fsp3) is 0.0833. The van der Waals surface area contributed by atoms with Crippen LogP contribution in [0, 0.1) is 6.92 Å². The number of ether oxygens (including phenoxy) is 1. The lowest BCUT2D eigenvalue weighted by atomic mass is 10.1. The summed E-state index contributed by atoms with van der Waals surface area (Å²) in [6.07, 6.45) is 0. The van der Waals surface area contributed by atoms with Crippen LogP contribution in [0.5, 0.6) is 5.75 Å². The zero-order valence-corrected chi connectivity index (χ0v) is 18.1. The number of nitrogens with zero attached hydrogens (tertiary/aromatic N) is 1. The van der Waals surface area contributed by atoms with E-state index in [9.17, 15) is 4.79 Å². The first kappa shape index (κ1) is 19.9. The number of hydrogen-bond acceptors (Lipinski definition) is 4. The van der Waals surface area contributed by atoms with Crippen LogP contribution in [0.2, 0.25) is 0 Å². The van der Waals surface area contributed by atoms with E-state index in [1.54, 1.807) is 13.2 Å². The zero-order valence-electron chi connectivity index (χ0n) is 16.5. The molecule has 0 radical (unpaired) electrons. The first-order valence-electron chi connectivity index (χ1n) is 9.33. The molecule has 0 saturated heterocycles. The average molecular weight is 463 g/mol. The first-order chi connectivity index (χ1) is 14.5. The van der Waals surface area contributed by atoms with Gasteiger partial charge in [-0.15, -0.1) is 0 Å². The second kappa shape index (κ2) is 8.55. The van der Waals surface area contributed by atoms with Crippen LogP contribution in [0.3, 0.4) is 0 Å². The number of rotatable bonds is 4. The van der Waals surface area contributed by atoms with E-state index in [-0.39, 0.29) is 11.5 Å². The van der Waals surface area contributed by atoms with Crippen LogP contribution in [0.4, 0.5) is 11.4 Å². The Morgan fingerprint density at radius 1 is 1.03 bits per heavy atom. The molecule has 150 valence electrons. The number of fused-ring (bicyclic) bond motifs is 1. The maximum absolute atomic E-state index is 13.2. The molecule has 30 heavy (non-hydrogen) atoms. The number of aryl methyl sites for hydroxylation is 1. The van der Waals surface area contributed by atoms with Crippen LogP contribution in [0.15, 0.2) is 86.7 Å². The molecule has 5 nitrogen and oxygen atoms in total. The Hall–Kier alpha value is -3.38. The summed E-state index contributed by atoms with van der Waals surface area (Å²) in [5, 5.41) is 3.75. The fourth-order valence-corrected chi connectivity index (χ4v) is 3.46. The van der Waals surface area contributed by atoms with E-state index in [1.807, 2.05) is 73.7 Å². The average Bonchev–Trinajstić information content (AvgIpc) is 2.75. The van der Waals surface area contributed by atoms with Crippen molar-refractivity contribution in [3.8, 4) is 5.75 Å². The van der Waals surface area contributed by atoms with Gasteiger partial charge in [0.15, 0.2) is 0 Å². The highest BCUT2D eigenvalue weighted by Gasteiger charge is 2.15. The van der Waals surface area contributed by atoms with Crippen molar-refractivity contribution >= 4 is 44.2 Å². The van der Waals surface area contributed by atoms with Gasteiger partial charge in [-0.1, -0.05) is 46.3 Å². The van der Waals surface area contributed by atoms with Crippen LogP contribution < -0.4 is 15.6 Å². The quantitative estimate of drug-likeness (QED) is 0.404. The molecule has 0 aliphatic heterocycles. The predicted molar refractivity (Wildman–Crippen MR) is 121 cm³/mol. The molecule has 0 fully saturated rings. The maximum Gasteiger partial charge on any atom is 0.261 e. The molecule has 6 heteroatoms. The number of benzene rings is 3. The van der Waals surface area contributed by atoms with E-state index in [1.165, 1.54) is 0 Å². The lowest BCUT2D eigenvalue weighted by Gasteiger charge is -2.09. The second-order valence-corrected chi connectivity index (χ2v) is 7.62. The molecule has 1 aromatic heterocycles. The highest BCUT2D eigenvalue weighted by atomic mass is 79.9. The van der Waals surface area contributed by atoms with Gasteiger partial charge < -0.3 is 14.5 Å². The molecule has 0 saturated carbocycles. The van der Waals surface area contributed by atoms with E-state index < -0.39 is 0 Å². The van der Waals surface area contributed by atoms with Crippen LogP contribution >= 0.6 is 15.9 Å². The van der Waals surface area contributed by atoms with E-state index >= 15 is 0 Å². The van der Waals surface area contributed by atoms with Crippen molar-refractivity contribution in [2.45, 2.75) is 6.92 Å². The van der Waals surface area contributed by atoms with Gasteiger partial charge in [0.1, 0.15) is 22.6 Å². The third kappa shape index (κ3) is 4.14. The molecule has 0 spiro atoms. The molecular weight excluding hydrogens is 444 g/mol. The van der Waals surface area contributed by atoms with Crippen LogP contribution in [0.1, 0.15) is 15.9 Å². The topological polar surface area (TPSA) is 63.8 Å². The molecule has 1 amide bonds. The van der Waals surface area contributed by atoms with Gasteiger partial charge in [0, 0.05) is 15.5 Å². The number of amides is 1. The first-order valence-corrected chi connectivity index (χ1v) is 10.1. The standard InChI is InChI=1S/C24H19BrN2O3/c1-15-7-3-4-8-19(15)26-23(28)18-14-16-13-17(25)11-12-21(16)30-24(18)27-20-9-5-6-10-22(20)29-2/h3-14H,1-2H3,(H,26,28). The molecule has 0 bridgehead atoms. The number of carbonyl (C=O) groups is 1. The fourth-order valence-electron chi connectivity index (χ4n) is 3.08. The molecule has 0 aliphatic carbocycles. The highest BCUT2D eigenvalue weighted by Crippen LogP contribution is 2.26. The molecule has 0 aliphatic rings. The summed E-state index contributed by atoms with van der Waals surface area (Å²) >= 11 is 3.47. The summed E-state index contributed by atoms with van der Waals surface area (Å²) in [5.74, 6) is 0.289. The number of hydrogen-bond donors (Lipinski definition) is 1. The number of anilines is 1. The zero-order chi connectivity index (χ0) is 21.1. The summed E-state index contributed by atoms with van der Waals surface area (Å²) in [6.45, 7) is 1.94. The molecule has 0 unspecified atom stereocenters. The van der Waals surface area contributed by atoms with Gasteiger partial charge >= 0.3 is 0 Å². The number of methoxy groups -OCH3 is 1.